The minimum absolute atomic E-state index is 0.0239. The van der Waals surface area contributed by atoms with Crippen molar-refractivity contribution in [2.45, 2.75) is 31.6 Å². The van der Waals surface area contributed by atoms with Crippen molar-refractivity contribution in [3.8, 4) is 17.0 Å². The van der Waals surface area contributed by atoms with Crippen LogP contribution in [-0.2, 0) is 6.54 Å². The molecule has 4 aromatic rings. The van der Waals surface area contributed by atoms with Gasteiger partial charge in [0.1, 0.15) is 23.7 Å². The number of hydrogen-bond acceptors (Lipinski definition) is 7. The zero-order chi connectivity index (χ0) is 25.6. The normalized spacial score (nSPS) is 21.3. The van der Waals surface area contributed by atoms with Gasteiger partial charge in [0.15, 0.2) is 0 Å². The van der Waals surface area contributed by atoms with Crippen LogP contribution in [0.15, 0.2) is 30.5 Å². The highest BCUT2D eigenvalue weighted by Crippen LogP contribution is 2.33. The van der Waals surface area contributed by atoms with Crippen molar-refractivity contribution in [1.82, 2.24) is 34.5 Å². The molecule has 3 aromatic heterocycles. The van der Waals surface area contributed by atoms with Crippen LogP contribution in [0.1, 0.15) is 10.5 Å². The Bertz CT molecular complexity index is 1390. The summed E-state index contributed by atoms with van der Waals surface area (Å²) >= 11 is 0. The molecule has 0 bridgehead atoms. The first kappa shape index (κ1) is 18.1. The molecule has 1 fully saturated rings. The summed E-state index contributed by atoms with van der Waals surface area (Å²) in [5.41, 5.74) is 2.16. The molecule has 0 amide bonds. The summed E-state index contributed by atoms with van der Waals surface area (Å²) in [4.78, 5) is 6.15. The number of halogens is 3. The van der Waals surface area contributed by atoms with E-state index in [-0.39, 0.29) is 23.9 Å². The molecule has 0 spiro atoms. The van der Waals surface area contributed by atoms with Gasteiger partial charge in [-0.05, 0) is 37.2 Å². The number of alkyl halides is 3. The number of methoxy groups -OCH3 is 1. The SMILES string of the molecule is [2H]C([2H])([2H])Oc1nc(N[C@H]2CCN(C)C[C@H]2F)nn2ccc(-c3ccc4nnn(CC(F)F)c4c3)c12. The van der Waals surface area contributed by atoms with E-state index < -0.39 is 32.2 Å². The van der Waals surface area contributed by atoms with Crippen molar-refractivity contribution in [3.05, 3.63) is 30.5 Å². The molecular weight excluding hydrogens is 437 g/mol. The number of anilines is 1. The highest BCUT2D eigenvalue weighted by atomic mass is 19.3. The van der Waals surface area contributed by atoms with E-state index in [0.29, 0.717) is 35.1 Å². The number of ether oxygens (including phenoxy) is 1. The Balaban J connectivity index is 1.57. The number of benzene rings is 1. The van der Waals surface area contributed by atoms with E-state index in [9.17, 15) is 13.2 Å². The Labute approximate surface area is 191 Å². The van der Waals surface area contributed by atoms with E-state index in [1.807, 2.05) is 11.9 Å². The number of nitrogens with one attached hydrogen (secondary N) is 1. The summed E-state index contributed by atoms with van der Waals surface area (Å²) in [5.74, 6) is -0.203. The summed E-state index contributed by atoms with van der Waals surface area (Å²) in [7, 11) is -0.976. The van der Waals surface area contributed by atoms with E-state index in [1.54, 1.807) is 30.5 Å². The second-order valence-corrected chi connectivity index (χ2v) is 8.05. The number of likely N-dealkylation sites (tertiary alicyclic amines) is 1. The molecule has 0 radical (unpaired) electrons. The molecule has 33 heavy (non-hydrogen) atoms. The van der Waals surface area contributed by atoms with Gasteiger partial charge in [-0.3, -0.25) is 0 Å². The van der Waals surface area contributed by atoms with Crippen LogP contribution >= 0.6 is 0 Å². The van der Waals surface area contributed by atoms with Crippen molar-refractivity contribution in [2.75, 3.05) is 32.5 Å². The first-order valence-corrected chi connectivity index (χ1v) is 10.4. The van der Waals surface area contributed by atoms with Crippen LogP contribution in [0, 0.1) is 0 Å². The molecule has 0 unspecified atom stereocenters. The maximum atomic E-state index is 14.6. The molecule has 9 nitrogen and oxygen atoms in total. The van der Waals surface area contributed by atoms with Crippen LogP contribution in [0.5, 0.6) is 5.88 Å². The van der Waals surface area contributed by atoms with E-state index in [2.05, 4.69) is 25.7 Å². The minimum atomic E-state index is -2.81. The van der Waals surface area contributed by atoms with Crippen LogP contribution in [0.25, 0.3) is 27.7 Å². The average Bonchev–Trinajstić information content (AvgIpc) is 3.38. The minimum Gasteiger partial charge on any atom is -0.479 e. The Morgan fingerprint density at radius 2 is 2.21 bits per heavy atom. The second kappa shape index (κ2) is 8.50. The Kier molecular flexibility index (Phi) is 4.66. The van der Waals surface area contributed by atoms with Gasteiger partial charge in [-0.25, -0.2) is 22.4 Å². The number of hydrogen-bond donors (Lipinski definition) is 1. The molecule has 2 atom stereocenters. The zero-order valence-corrected chi connectivity index (χ0v) is 17.6. The van der Waals surface area contributed by atoms with Gasteiger partial charge in [-0.2, -0.15) is 4.98 Å². The second-order valence-electron chi connectivity index (χ2n) is 8.05. The largest absolute Gasteiger partial charge is 0.479 e. The molecule has 0 aliphatic carbocycles. The van der Waals surface area contributed by atoms with Crippen LogP contribution in [0.2, 0.25) is 0 Å². The summed E-state index contributed by atoms with van der Waals surface area (Å²) in [6.45, 7) is 0.326. The van der Waals surface area contributed by atoms with Gasteiger partial charge >= 0.3 is 0 Å². The van der Waals surface area contributed by atoms with Crippen LogP contribution in [-0.4, -0.2) is 80.3 Å². The molecule has 5 rings (SSSR count). The van der Waals surface area contributed by atoms with Gasteiger partial charge in [-0.1, -0.05) is 11.3 Å². The topological polar surface area (TPSA) is 85.4 Å². The molecule has 1 aromatic carbocycles. The molecule has 12 heteroatoms. The lowest BCUT2D eigenvalue weighted by atomic mass is 10.0. The predicted octanol–water partition coefficient (Wildman–Crippen LogP) is 2.87. The summed E-state index contributed by atoms with van der Waals surface area (Å²) < 4.78 is 71.0. The maximum absolute atomic E-state index is 14.6. The fourth-order valence-corrected chi connectivity index (χ4v) is 4.14. The molecule has 174 valence electrons. The lowest BCUT2D eigenvalue weighted by molar-refractivity contribution is 0.122. The van der Waals surface area contributed by atoms with Gasteiger partial charge in [0.05, 0.1) is 22.7 Å². The summed E-state index contributed by atoms with van der Waals surface area (Å²) in [6, 6.07) is 6.10. The number of rotatable bonds is 6. The molecular formula is C21H23F3N8O. The number of fused-ring (bicyclic) bond motifs is 2. The molecule has 1 saturated heterocycles. The lowest BCUT2D eigenvalue weighted by Crippen LogP contribution is -2.46. The zero-order valence-electron chi connectivity index (χ0n) is 20.6. The van der Waals surface area contributed by atoms with E-state index in [0.717, 1.165) is 4.68 Å². The fourth-order valence-electron chi connectivity index (χ4n) is 4.14. The van der Waals surface area contributed by atoms with Crippen molar-refractivity contribution in [2.24, 2.45) is 0 Å². The predicted molar refractivity (Wildman–Crippen MR) is 116 cm³/mol. The van der Waals surface area contributed by atoms with Gasteiger partial charge in [0, 0.05) is 24.8 Å². The van der Waals surface area contributed by atoms with E-state index in [1.165, 1.54) is 4.52 Å². The molecule has 1 aliphatic rings. The summed E-state index contributed by atoms with van der Waals surface area (Å²) in [5, 5.41) is 15.0. The first-order valence-electron chi connectivity index (χ1n) is 11.9. The van der Waals surface area contributed by atoms with Crippen molar-refractivity contribution < 1.29 is 22.0 Å². The van der Waals surface area contributed by atoms with Gasteiger partial charge in [-0.15, -0.1) is 10.2 Å². The Hall–Kier alpha value is -3.41. The van der Waals surface area contributed by atoms with E-state index in [4.69, 9.17) is 8.85 Å². The molecule has 1 N–H and O–H groups in total. The van der Waals surface area contributed by atoms with Crippen molar-refractivity contribution in [1.29, 1.82) is 0 Å². The van der Waals surface area contributed by atoms with Crippen molar-refractivity contribution >= 4 is 22.5 Å². The van der Waals surface area contributed by atoms with Gasteiger partial charge < -0.3 is 15.0 Å². The smallest absolute Gasteiger partial charge is 0.258 e. The monoisotopic (exact) mass is 463 g/mol. The Morgan fingerprint density at radius 1 is 1.33 bits per heavy atom. The third-order valence-electron chi connectivity index (χ3n) is 5.77. The van der Waals surface area contributed by atoms with Crippen molar-refractivity contribution in [3.63, 3.8) is 0 Å². The fraction of sp³-hybridized carbons (Fsp3) is 0.429. The van der Waals surface area contributed by atoms with Gasteiger partial charge in [0.2, 0.25) is 11.8 Å². The average molecular weight is 463 g/mol. The maximum Gasteiger partial charge on any atom is 0.258 e. The van der Waals surface area contributed by atoms with Crippen LogP contribution in [0.3, 0.4) is 0 Å². The Morgan fingerprint density at radius 3 is 3.00 bits per heavy atom. The van der Waals surface area contributed by atoms with Crippen LogP contribution in [0.4, 0.5) is 19.1 Å². The quantitative estimate of drug-likeness (QED) is 0.471. The number of piperidine rings is 1. The number of aromatic nitrogens is 6. The third kappa shape index (κ3) is 4.06. The van der Waals surface area contributed by atoms with E-state index >= 15 is 0 Å². The molecule has 1 aliphatic heterocycles. The summed E-state index contributed by atoms with van der Waals surface area (Å²) in [6.07, 6.45) is -1.66. The molecule has 0 saturated carbocycles. The number of nitrogens with zero attached hydrogens (tertiary/aromatic N) is 7. The molecule has 4 heterocycles. The highest BCUT2D eigenvalue weighted by Gasteiger charge is 2.28. The van der Waals surface area contributed by atoms with Gasteiger partial charge in [0.25, 0.3) is 6.43 Å². The highest BCUT2D eigenvalue weighted by molar-refractivity contribution is 5.89. The standard InChI is InChI=1S/C21H23F3N8O/c1-30-7-6-15(14(22)10-30)25-21-26-20(33-2)19-13(5-8-31(19)28-21)12-3-4-16-17(9-12)32(29-27-16)11-18(23)24/h3-5,8-9,14-15,18H,6-7,10-11H2,1-2H3,(H,25,28)/t14-,15+/m1/s1/i2D3. The van der Waals surface area contributed by atoms with Crippen LogP contribution < -0.4 is 10.1 Å². The lowest BCUT2D eigenvalue weighted by Gasteiger charge is -2.32. The third-order valence-corrected chi connectivity index (χ3v) is 5.77. The first-order chi connectivity index (χ1) is 17.1.